The average Bonchev–Trinajstić information content (AvgIpc) is 2.33. The number of nitrogens with two attached hydrogens (primary N) is 1. The zero-order valence-electron chi connectivity index (χ0n) is 11.0. The summed E-state index contributed by atoms with van der Waals surface area (Å²) in [5, 5.41) is 3.54. The minimum atomic E-state index is 0.522. The van der Waals surface area contributed by atoms with Gasteiger partial charge in [-0.25, -0.2) is 4.98 Å². The van der Waals surface area contributed by atoms with Crippen molar-refractivity contribution in [3.8, 4) is 0 Å². The molecule has 18 heavy (non-hydrogen) atoms. The Balaban J connectivity index is 1.70. The van der Waals surface area contributed by atoms with Crippen LogP contribution in [0.2, 0.25) is 0 Å². The Kier molecular flexibility index (Phi) is 3.12. The summed E-state index contributed by atoms with van der Waals surface area (Å²) in [6, 6.07) is 5.78. The van der Waals surface area contributed by atoms with E-state index in [0.29, 0.717) is 6.04 Å². The molecule has 3 N–H and O–H groups in total. The number of pyridine rings is 1. The SMILES string of the molecule is CN1C2CCCC1CC(Nc1ncccc1N)C2. The van der Waals surface area contributed by atoms with E-state index < -0.39 is 0 Å². The highest BCUT2D eigenvalue weighted by molar-refractivity contribution is 5.60. The molecule has 0 amide bonds. The van der Waals surface area contributed by atoms with Gasteiger partial charge in [0, 0.05) is 24.3 Å². The molecule has 0 aliphatic carbocycles. The van der Waals surface area contributed by atoms with E-state index in [1.54, 1.807) is 6.20 Å². The second-order valence-corrected chi connectivity index (χ2v) is 5.66. The van der Waals surface area contributed by atoms with Crippen molar-refractivity contribution in [2.24, 2.45) is 0 Å². The van der Waals surface area contributed by atoms with Gasteiger partial charge in [0.2, 0.25) is 0 Å². The smallest absolute Gasteiger partial charge is 0.149 e. The Hall–Kier alpha value is -1.29. The summed E-state index contributed by atoms with van der Waals surface area (Å²) in [5.74, 6) is 0.852. The molecule has 2 saturated heterocycles. The summed E-state index contributed by atoms with van der Waals surface area (Å²) in [6.07, 6.45) is 8.28. The van der Waals surface area contributed by atoms with Gasteiger partial charge in [-0.15, -0.1) is 0 Å². The zero-order chi connectivity index (χ0) is 12.5. The van der Waals surface area contributed by atoms with Crippen LogP contribution in [0, 0.1) is 0 Å². The number of nitrogens with one attached hydrogen (secondary N) is 1. The molecular formula is C14H22N4. The van der Waals surface area contributed by atoms with Crippen LogP contribution in [0.3, 0.4) is 0 Å². The van der Waals surface area contributed by atoms with Crippen molar-refractivity contribution in [3.05, 3.63) is 18.3 Å². The molecular weight excluding hydrogens is 224 g/mol. The van der Waals surface area contributed by atoms with E-state index in [4.69, 9.17) is 5.73 Å². The van der Waals surface area contributed by atoms with E-state index >= 15 is 0 Å². The maximum atomic E-state index is 5.95. The maximum Gasteiger partial charge on any atom is 0.149 e. The van der Waals surface area contributed by atoms with Gasteiger partial charge in [-0.1, -0.05) is 6.42 Å². The second kappa shape index (κ2) is 4.76. The molecule has 98 valence electrons. The maximum absolute atomic E-state index is 5.95. The summed E-state index contributed by atoms with van der Waals surface area (Å²) in [4.78, 5) is 6.91. The van der Waals surface area contributed by atoms with E-state index in [0.717, 1.165) is 23.6 Å². The predicted octanol–water partition coefficient (Wildman–Crippen LogP) is 2.09. The average molecular weight is 246 g/mol. The molecule has 1 aromatic rings. The third kappa shape index (κ3) is 2.17. The molecule has 0 aromatic carbocycles. The van der Waals surface area contributed by atoms with E-state index in [1.165, 1.54) is 32.1 Å². The third-order valence-electron chi connectivity index (χ3n) is 4.52. The van der Waals surface area contributed by atoms with Gasteiger partial charge >= 0.3 is 0 Å². The lowest BCUT2D eigenvalue weighted by atomic mass is 9.82. The Morgan fingerprint density at radius 3 is 2.72 bits per heavy atom. The Labute approximate surface area is 109 Å². The van der Waals surface area contributed by atoms with E-state index in [1.807, 2.05) is 12.1 Å². The quantitative estimate of drug-likeness (QED) is 0.839. The predicted molar refractivity (Wildman–Crippen MR) is 74.5 cm³/mol. The Bertz CT molecular complexity index is 406. The van der Waals surface area contributed by atoms with Crippen LogP contribution >= 0.6 is 0 Å². The Morgan fingerprint density at radius 1 is 1.33 bits per heavy atom. The minimum Gasteiger partial charge on any atom is -0.396 e. The normalized spacial score (nSPS) is 32.2. The molecule has 4 heteroatoms. The number of fused-ring (bicyclic) bond motifs is 2. The van der Waals surface area contributed by atoms with Gasteiger partial charge < -0.3 is 16.0 Å². The van der Waals surface area contributed by atoms with Crippen LogP contribution in [0.5, 0.6) is 0 Å². The fourth-order valence-electron chi connectivity index (χ4n) is 3.47. The van der Waals surface area contributed by atoms with Gasteiger partial charge in [0.1, 0.15) is 5.82 Å². The number of piperidine rings is 2. The van der Waals surface area contributed by atoms with Crippen LogP contribution in [-0.4, -0.2) is 35.1 Å². The van der Waals surface area contributed by atoms with Crippen molar-refractivity contribution < 1.29 is 0 Å². The molecule has 0 radical (unpaired) electrons. The lowest BCUT2D eigenvalue weighted by molar-refractivity contribution is 0.0608. The fraction of sp³-hybridized carbons (Fsp3) is 0.643. The standard InChI is InChI=1S/C14H22N4/c1-18-11-4-2-5-12(18)9-10(8-11)17-14-13(15)6-3-7-16-14/h3,6-7,10-12H,2,4-5,8-9,15H2,1H3,(H,16,17). The Morgan fingerprint density at radius 2 is 2.06 bits per heavy atom. The van der Waals surface area contributed by atoms with Crippen molar-refractivity contribution in [2.45, 2.75) is 50.2 Å². The third-order valence-corrected chi connectivity index (χ3v) is 4.52. The first-order chi connectivity index (χ1) is 8.74. The van der Waals surface area contributed by atoms with E-state index in [9.17, 15) is 0 Å². The van der Waals surface area contributed by atoms with Gasteiger partial charge in [0.25, 0.3) is 0 Å². The molecule has 2 aliphatic rings. The molecule has 2 atom stereocenters. The van der Waals surface area contributed by atoms with Crippen LogP contribution in [-0.2, 0) is 0 Å². The van der Waals surface area contributed by atoms with Crippen LogP contribution in [0.25, 0.3) is 0 Å². The summed E-state index contributed by atoms with van der Waals surface area (Å²) < 4.78 is 0. The summed E-state index contributed by atoms with van der Waals surface area (Å²) in [5.41, 5.74) is 6.70. The lowest BCUT2D eigenvalue weighted by Gasteiger charge is -2.47. The van der Waals surface area contributed by atoms with Gasteiger partial charge in [-0.3, -0.25) is 0 Å². The highest BCUT2D eigenvalue weighted by Gasteiger charge is 2.36. The lowest BCUT2D eigenvalue weighted by Crippen LogP contribution is -2.52. The first-order valence-electron chi connectivity index (χ1n) is 6.93. The van der Waals surface area contributed by atoms with Crippen molar-refractivity contribution in [2.75, 3.05) is 18.1 Å². The number of nitrogens with zero attached hydrogens (tertiary/aromatic N) is 2. The van der Waals surface area contributed by atoms with Gasteiger partial charge in [-0.2, -0.15) is 0 Å². The van der Waals surface area contributed by atoms with Crippen molar-refractivity contribution in [1.82, 2.24) is 9.88 Å². The van der Waals surface area contributed by atoms with Crippen LogP contribution in [0.1, 0.15) is 32.1 Å². The first-order valence-corrected chi connectivity index (χ1v) is 6.93. The molecule has 3 heterocycles. The largest absolute Gasteiger partial charge is 0.396 e. The van der Waals surface area contributed by atoms with Crippen molar-refractivity contribution in [1.29, 1.82) is 0 Å². The van der Waals surface area contributed by atoms with Gasteiger partial charge in [0.05, 0.1) is 5.69 Å². The summed E-state index contributed by atoms with van der Waals surface area (Å²) >= 11 is 0. The number of rotatable bonds is 2. The number of hydrogen-bond acceptors (Lipinski definition) is 4. The van der Waals surface area contributed by atoms with Crippen molar-refractivity contribution in [3.63, 3.8) is 0 Å². The molecule has 3 rings (SSSR count). The van der Waals surface area contributed by atoms with E-state index in [-0.39, 0.29) is 0 Å². The molecule has 1 aromatic heterocycles. The summed E-state index contributed by atoms with van der Waals surface area (Å²) in [7, 11) is 2.28. The number of aromatic nitrogens is 1. The van der Waals surface area contributed by atoms with Crippen LogP contribution in [0.15, 0.2) is 18.3 Å². The molecule has 0 saturated carbocycles. The van der Waals surface area contributed by atoms with Crippen LogP contribution in [0.4, 0.5) is 11.5 Å². The topological polar surface area (TPSA) is 54.2 Å². The fourth-order valence-corrected chi connectivity index (χ4v) is 3.47. The molecule has 2 fully saturated rings. The van der Waals surface area contributed by atoms with Crippen molar-refractivity contribution >= 4 is 11.5 Å². The number of hydrogen-bond donors (Lipinski definition) is 2. The van der Waals surface area contributed by atoms with Crippen LogP contribution < -0.4 is 11.1 Å². The molecule has 2 aliphatic heterocycles. The molecule has 0 spiro atoms. The van der Waals surface area contributed by atoms with E-state index in [2.05, 4.69) is 22.2 Å². The number of anilines is 2. The highest BCUT2D eigenvalue weighted by Crippen LogP contribution is 2.34. The minimum absolute atomic E-state index is 0.522. The van der Waals surface area contributed by atoms with Gasteiger partial charge in [0.15, 0.2) is 0 Å². The highest BCUT2D eigenvalue weighted by atomic mass is 15.2. The molecule has 2 bridgehead atoms. The molecule has 4 nitrogen and oxygen atoms in total. The first kappa shape index (κ1) is 11.8. The number of nitrogen functional groups attached to an aromatic ring is 1. The molecule has 2 unspecified atom stereocenters. The second-order valence-electron chi connectivity index (χ2n) is 5.66. The van der Waals surface area contributed by atoms with Gasteiger partial charge in [-0.05, 0) is 44.9 Å². The zero-order valence-corrected chi connectivity index (χ0v) is 11.0. The summed E-state index contributed by atoms with van der Waals surface area (Å²) in [6.45, 7) is 0. The monoisotopic (exact) mass is 246 g/mol.